The minimum atomic E-state index is -1.66. The SMILES string of the molecule is C[N+]1(Cc2ccccc2)CC[Si](c2ccccc2)(c2ccccc2)CC1.[I-].c1ccc(CN2CC[Si](c3ccccc3)(c3ccccc3)CC2)cc1. The van der Waals surface area contributed by atoms with Crippen molar-refractivity contribution in [1.29, 1.82) is 0 Å². The van der Waals surface area contributed by atoms with Gasteiger partial charge in [-0.1, -0.05) is 203 Å². The van der Waals surface area contributed by atoms with Crippen molar-refractivity contribution >= 4 is 36.9 Å². The van der Waals surface area contributed by atoms with Crippen LogP contribution in [0.1, 0.15) is 11.1 Å². The van der Waals surface area contributed by atoms with Gasteiger partial charge in [-0.15, -0.1) is 0 Å². The third-order valence-electron chi connectivity index (χ3n) is 11.8. The fourth-order valence-corrected chi connectivity index (χ4v) is 18.8. The summed E-state index contributed by atoms with van der Waals surface area (Å²) in [6, 6.07) is 72.5. The summed E-state index contributed by atoms with van der Waals surface area (Å²) in [5.41, 5.74) is 2.89. The number of rotatable bonds is 8. The second kappa shape index (κ2) is 18.0. The molecule has 0 saturated carbocycles. The lowest BCUT2D eigenvalue weighted by molar-refractivity contribution is -0.920. The summed E-state index contributed by atoms with van der Waals surface area (Å²) >= 11 is 0. The van der Waals surface area contributed by atoms with Crippen molar-refractivity contribution in [1.82, 2.24) is 4.90 Å². The Hall–Kier alpha value is -3.60. The molecule has 2 nitrogen and oxygen atoms in total. The highest BCUT2D eigenvalue weighted by atomic mass is 127. The van der Waals surface area contributed by atoms with E-state index in [1.807, 2.05) is 0 Å². The summed E-state index contributed by atoms with van der Waals surface area (Å²) in [4.78, 5) is 2.63. The Morgan fingerprint density at radius 1 is 0.423 bits per heavy atom. The van der Waals surface area contributed by atoms with Crippen molar-refractivity contribution in [3.63, 3.8) is 0 Å². The smallest absolute Gasteiger partial charge is 0.129 e. The fraction of sp³-hybridized carbons (Fsp3) is 0.234. The molecule has 2 fully saturated rings. The molecule has 5 heteroatoms. The molecule has 0 aliphatic carbocycles. The van der Waals surface area contributed by atoms with E-state index in [1.165, 1.54) is 66.0 Å². The van der Waals surface area contributed by atoms with E-state index in [0.29, 0.717) is 0 Å². The molecule has 266 valence electrons. The van der Waals surface area contributed by atoms with Gasteiger partial charge in [0.1, 0.15) is 22.7 Å². The van der Waals surface area contributed by atoms with E-state index in [4.69, 9.17) is 0 Å². The van der Waals surface area contributed by atoms with E-state index >= 15 is 0 Å². The van der Waals surface area contributed by atoms with Crippen LogP contribution in [0.2, 0.25) is 24.2 Å². The molecule has 0 radical (unpaired) electrons. The summed E-state index contributed by atoms with van der Waals surface area (Å²) in [5.74, 6) is 0. The maximum Gasteiger partial charge on any atom is 0.129 e. The van der Waals surface area contributed by atoms with Crippen molar-refractivity contribution in [2.24, 2.45) is 0 Å². The van der Waals surface area contributed by atoms with Gasteiger partial charge in [-0.05, 0) is 30.7 Å². The zero-order chi connectivity index (χ0) is 34.8. The van der Waals surface area contributed by atoms with Crippen LogP contribution in [0.5, 0.6) is 0 Å². The van der Waals surface area contributed by atoms with Gasteiger partial charge in [-0.25, -0.2) is 0 Å². The van der Waals surface area contributed by atoms with Crippen LogP contribution in [0.4, 0.5) is 0 Å². The molecule has 0 spiro atoms. The summed E-state index contributed by atoms with van der Waals surface area (Å²) < 4.78 is 1.17. The first-order chi connectivity index (χ1) is 25.1. The van der Waals surface area contributed by atoms with Crippen molar-refractivity contribution in [3.05, 3.63) is 193 Å². The minimum absolute atomic E-state index is 0. The maximum atomic E-state index is 2.63. The second-order valence-corrected chi connectivity index (χ2v) is 23.7. The summed E-state index contributed by atoms with van der Waals surface area (Å²) in [6.45, 7) is 7.16. The number of quaternary nitrogens is 1. The van der Waals surface area contributed by atoms with Crippen LogP contribution in [-0.2, 0) is 13.1 Å². The molecular formula is C47H53IN2Si2. The first-order valence-corrected chi connectivity index (χ1v) is 23.8. The van der Waals surface area contributed by atoms with E-state index in [9.17, 15) is 0 Å². The van der Waals surface area contributed by atoms with Gasteiger partial charge in [-0.2, -0.15) is 0 Å². The highest BCUT2D eigenvalue weighted by Gasteiger charge is 2.45. The van der Waals surface area contributed by atoms with Crippen LogP contribution < -0.4 is 44.7 Å². The van der Waals surface area contributed by atoms with Gasteiger partial charge in [0, 0.05) is 24.2 Å². The molecule has 0 N–H and O–H groups in total. The van der Waals surface area contributed by atoms with Crippen LogP contribution in [0.25, 0.3) is 0 Å². The van der Waals surface area contributed by atoms with Crippen LogP contribution in [0.15, 0.2) is 182 Å². The predicted molar refractivity (Wildman–Crippen MR) is 223 cm³/mol. The van der Waals surface area contributed by atoms with E-state index in [0.717, 1.165) is 13.1 Å². The van der Waals surface area contributed by atoms with Gasteiger partial charge in [0.2, 0.25) is 0 Å². The van der Waals surface area contributed by atoms with Gasteiger partial charge in [-0.3, -0.25) is 4.90 Å². The number of nitrogens with zero attached hydrogens (tertiary/aromatic N) is 2. The van der Waals surface area contributed by atoms with Crippen molar-refractivity contribution in [2.75, 3.05) is 33.2 Å². The van der Waals surface area contributed by atoms with E-state index in [2.05, 4.69) is 194 Å². The predicted octanol–water partition coefficient (Wildman–Crippen LogP) is 4.68. The molecule has 52 heavy (non-hydrogen) atoms. The number of hydrogen-bond acceptors (Lipinski definition) is 1. The lowest BCUT2D eigenvalue weighted by Crippen LogP contribution is -3.00. The lowest BCUT2D eigenvalue weighted by atomic mass is 10.2. The first-order valence-electron chi connectivity index (χ1n) is 18.9. The molecule has 0 amide bonds. The van der Waals surface area contributed by atoms with Gasteiger partial charge >= 0.3 is 0 Å². The van der Waals surface area contributed by atoms with Crippen LogP contribution >= 0.6 is 0 Å². The molecule has 2 aliphatic rings. The fourth-order valence-electron chi connectivity index (χ4n) is 8.79. The lowest BCUT2D eigenvalue weighted by Gasteiger charge is -2.46. The van der Waals surface area contributed by atoms with Gasteiger partial charge in [0.05, 0.1) is 20.1 Å². The number of halogens is 1. The molecular weight excluding hydrogens is 776 g/mol. The Balaban J connectivity index is 0.000000175. The normalized spacial score (nSPS) is 17.5. The molecule has 6 aromatic rings. The van der Waals surface area contributed by atoms with Gasteiger partial charge in [0.25, 0.3) is 0 Å². The second-order valence-electron chi connectivity index (χ2n) is 15.1. The molecule has 0 bridgehead atoms. The molecule has 0 atom stereocenters. The van der Waals surface area contributed by atoms with E-state index < -0.39 is 16.1 Å². The maximum absolute atomic E-state index is 2.63. The largest absolute Gasteiger partial charge is 1.00 e. The Bertz CT molecular complexity index is 1810. The molecule has 8 rings (SSSR count). The van der Waals surface area contributed by atoms with Gasteiger partial charge < -0.3 is 28.5 Å². The highest BCUT2D eigenvalue weighted by molar-refractivity contribution is 7.03. The molecule has 2 heterocycles. The topological polar surface area (TPSA) is 3.24 Å². The van der Waals surface area contributed by atoms with Crippen molar-refractivity contribution < 1.29 is 28.5 Å². The third kappa shape index (κ3) is 8.95. The zero-order valence-corrected chi connectivity index (χ0v) is 34.8. The van der Waals surface area contributed by atoms with Crippen LogP contribution in [-0.4, -0.2) is 58.8 Å². The van der Waals surface area contributed by atoms with E-state index in [-0.39, 0.29) is 24.0 Å². The van der Waals surface area contributed by atoms with Crippen LogP contribution in [0.3, 0.4) is 0 Å². The Labute approximate surface area is 331 Å². The standard InChI is InChI=1S/C24H28NSi.C23H25NSi.HI/c1-25(21-22-11-5-2-6-12-22)17-19-26(20-18-25,23-13-7-3-8-14-23)24-15-9-4-10-16-24;1-4-10-21(11-5-1)20-24-16-18-25(19-17-24,22-12-6-2-7-13-22)23-14-8-3-9-15-23;/h2-16H,17-21H2,1H3;1-15H,16-20H2;1H/q+1;;/p-1. The molecule has 0 unspecified atom stereocenters. The van der Waals surface area contributed by atoms with Crippen molar-refractivity contribution in [2.45, 2.75) is 37.3 Å². The number of hydrogen-bond donors (Lipinski definition) is 0. The Morgan fingerprint density at radius 2 is 0.731 bits per heavy atom. The quantitative estimate of drug-likeness (QED) is 0.123. The first kappa shape index (κ1) is 38.1. The average molecular weight is 829 g/mol. The van der Waals surface area contributed by atoms with Gasteiger partial charge in [0.15, 0.2) is 0 Å². The summed E-state index contributed by atoms with van der Waals surface area (Å²) in [7, 11) is -0.846. The highest BCUT2D eigenvalue weighted by Crippen LogP contribution is 2.29. The van der Waals surface area contributed by atoms with Crippen molar-refractivity contribution in [3.8, 4) is 0 Å². The minimum Gasteiger partial charge on any atom is -1.00 e. The molecule has 2 saturated heterocycles. The third-order valence-corrected chi connectivity index (χ3v) is 21.9. The molecule has 6 aromatic carbocycles. The summed E-state index contributed by atoms with van der Waals surface area (Å²) in [5, 5.41) is 6.41. The van der Waals surface area contributed by atoms with Crippen LogP contribution in [0, 0.1) is 0 Å². The Morgan fingerprint density at radius 3 is 1.10 bits per heavy atom. The zero-order valence-electron chi connectivity index (χ0n) is 30.7. The number of benzene rings is 6. The molecule has 0 aromatic heterocycles. The summed E-state index contributed by atoms with van der Waals surface area (Å²) in [6.07, 6.45) is 0. The average Bonchev–Trinajstić information content (AvgIpc) is 3.21. The van der Waals surface area contributed by atoms with E-state index in [1.54, 1.807) is 20.7 Å². The monoisotopic (exact) mass is 828 g/mol. The Kier molecular flexibility index (Phi) is 13.2. The molecule has 2 aliphatic heterocycles.